The van der Waals surface area contributed by atoms with Crippen molar-refractivity contribution < 1.29 is 19.4 Å². The quantitative estimate of drug-likeness (QED) is 0.768. The smallest absolute Gasteiger partial charge is 0.335 e. The summed E-state index contributed by atoms with van der Waals surface area (Å²) in [6.45, 7) is 5.92. The minimum atomic E-state index is -0.583. The normalized spacial score (nSPS) is 12.5. The number of aliphatic hydroxyl groups excluding tert-OH is 1. The van der Waals surface area contributed by atoms with E-state index in [-0.39, 0.29) is 18.7 Å². The number of ether oxygens (including phenoxy) is 2. The van der Waals surface area contributed by atoms with Crippen LogP contribution in [-0.2, 0) is 27.3 Å². The molecule has 0 aliphatic carbocycles. The Bertz CT molecular complexity index is 384. The fourth-order valence-electron chi connectivity index (χ4n) is 1.75. The highest BCUT2D eigenvalue weighted by Crippen LogP contribution is 2.11. The maximum Gasteiger partial charge on any atom is 0.335 e. The molecule has 1 unspecified atom stereocenters. The van der Waals surface area contributed by atoms with Gasteiger partial charge in [0.05, 0.1) is 19.3 Å². The third-order valence-electron chi connectivity index (χ3n) is 2.61. The van der Waals surface area contributed by atoms with E-state index in [4.69, 9.17) is 14.6 Å². The molecule has 1 aromatic rings. The molecule has 0 spiro atoms. The van der Waals surface area contributed by atoms with Gasteiger partial charge in [0, 0.05) is 6.42 Å². The van der Waals surface area contributed by atoms with E-state index in [0.29, 0.717) is 13.0 Å². The van der Waals surface area contributed by atoms with E-state index in [1.807, 2.05) is 38.1 Å². The lowest BCUT2D eigenvalue weighted by molar-refractivity contribution is -0.159. The molecule has 19 heavy (non-hydrogen) atoms. The summed E-state index contributed by atoms with van der Waals surface area (Å²) >= 11 is 0. The Balaban J connectivity index is 2.72. The summed E-state index contributed by atoms with van der Waals surface area (Å²) < 4.78 is 10.6. The summed E-state index contributed by atoms with van der Waals surface area (Å²) in [4.78, 5) is 11.8. The highest BCUT2D eigenvalue weighted by atomic mass is 16.6. The molecule has 1 rings (SSSR count). The molecule has 0 aliphatic rings. The van der Waals surface area contributed by atoms with Crippen LogP contribution < -0.4 is 0 Å². The van der Waals surface area contributed by atoms with Crippen molar-refractivity contribution in [1.29, 1.82) is 0 Å². The van der Waals surface area contributed by atoms with Crippen molar-refractivity contribution in [1.82, 2.24) is 0 Å². The van der Waals surface area contributed by atoms with Gasteiger partial charge in [-0.15, -0.1) is 0 Å². The highest BCUT2D eigenvalue weighted by molar-refractivity contribution is 5.75. The van der Waals surface area contributed by atoms with Crippen molar-refractivity contribution in [3.8, 4) is 0 Å². The molecule has 0 aliphatic heterocycles. The Hall–Kier alpha value is -1.39. The van der Waals surface area contributed by atoms with Gasteiger partial charge >= 0.3 is 5.97 Å². The molecule has 1 atom stereocenters. The SMILES string of the molecule is CCOC(=O)C(Cc1ccc(CO)cc1)OC(C)C. The average Bonchev–Trinajstić information content (AvgIpc) is 2.38. The molecule has 106 valence electrons. The van der Waals surface area contributed by atoms with Crippen molar-refractivity contribution >= 4 is 5.97 Å². The first kappa shape index (κ1) is 15.7. The minimum Gasteiger partial charge on any atom is -0.464 e. The molecular formula is C15H22O4. The van der Waals surface area contributed by atoms with Gasteiger partial charge in [0.15, 0.2) is 6.10 Å². The maximum absolute atomic E-state index is 11.8. The van der Waals surface area contributed by atoms with Gasteiger partial charge in [-0.05, 0) is 31.9 Å². The number of benzene rings is 1. The van der Waals surface area contributed by atoms with Gasteiger partial charge in [-0.2, -0.15) is 0 Å². The molecule has 1 N–H and O–H groups in total. The van der Waals surface area contributed by atoms with E-state index in [0.717, 1.165) is 11.1 Å². The number of carbonyl (C=O) groups excluding carboxylic acids is 1. The summed E-state index contributed by atoms with van der Waals surface area (Å²) in [6, 6.07) is 7.46. The molecule has 0 saturated heterocycles. The standard InChI is InChI=1S/C15H22O4/c1-4-18-15(17)14(19-11(2)3)9-12-5-7-13(10-16)8-6-12/h5-8,11,14,16H,4,9-10H2,1-3H3. The second-order valence-corrected chi connectivity index (χ2v) is 4.60. The first-order valence-corrected chi connectivity index (χ1v) is 6.57. The number of carbonyl (C=O) groups is 1. The van der Waals surface area contributed by atoms with Crippen LogP contribution in [0.2, 0.25) is 0 Å². The lowest BCUT2D eigenvalue weighted by atomic mass is 10.1. The van der Waals surface area contributed by atoms with Crippen molar-refractivity contribution in [3.05, 3.63) is 35.4 Å². The van der Waals surface area contributed by atoms with Crippen LogP contribution in [0.5, 0.6) is 0 Å². The number of hydrogen-bond acceptors (Lipinski definition) is 4. The van der Waals surface area contributed by atoms with Crippen LogP contribution >= 0.6 is 0 Å². The van der Waals surface area contributed by atoms with Crippen molar-refractivity contribution in [2.45, 2.75) is 46.0 Å². The summed E-state index contributed by atoms with van der Waals surface area (Å²) in [6.07, 6.45) is -0.144. The number of esters is 1. The van der Waals surface area contributed by atoms with Crippen molar-refractivity contribution in [2.24, 2.45) is 0 Å². The second kappa shape index (κ2) is 7.92. The Morgan fingerprint density at radius 1 is 1.21 bits per heavy atom. The lowest BCUT2D eigenvalue weighted by Crippen LogP contribution is -2.31. The van der Waals surface area contributed by atoms with Crippen LogP contribution in [0.25, 0.3) is 0 Å². The summed E-state index contributed by atoms with van der Waals surface area (Å²) in [5, 5.41) is 8.99. The molecule has 0 amide bonds. The van der Waals surface area contributed by atoms with Gasteiger partial charge in [0.2, 0.25) is 0 Å². The van der Waals surface area contributed by atoms with Gasteiger partial charge in [-0.3, -0.25) is 0 Å². The Labute approximate surface area is 114 Å². The Morgan fingerprint density at radius 3 is 2.26 bits per heavy atom. The van der Waals surface area contributed by atoms with Crippen LogP contribution in [0.4, 0.5) is 0 Å². The lowest BCUT2D eigenvalue weighted by Gasteiger charge is -2.19. The summed E-state index contributed by atoms with van der Waals surface area (Å²) in [5.74, 6) is -0.331. The molecule has 0 heterocycles. The zero-order chi connectivity index (χ0) is 14.3. The molecule has 0 bridgehead atoms. The largest absolute Gasteiger partial charge is 0.464 e. The summed E-state index contributed by atoms with van der Waals surface area (Å²) in [5.41, 5.74) is 1.83. The highest BCUT2D eigenvalue weighted by Gasteiger charge is 2.22. The van der Waals surface area contributed by atoms with Crippen molar-refractivity contribution in [2.75, 3.05) is 6.61 Å². The number of hydrogen-bond donors (Lipinski definition) is 1. The molecule has 0 saturated carbocycles. The first-order valence-electron chi connectivity index (χ1n) is 6.57. The van der Waals surface area contributed by atoms with Gasteiger partial charge in [-0.25, -0.2) is 4.79 Å². The van der Waals surface area contributed by atoms with Crippen molar-refractivity contribution in [3.63, 3.8) is 0 Å². The van der Waals surface area contributed by atoms with E-state index >= 15 is 0 Å². The predicted molar refractivity (Wildman–Crippen MR) is 72.7 cm³/mol. The van der Waals surface area contributed by atoms with E-state index in [1.165, 1.54) is 0 Å². The zero-order valence-electron chi connectivity index (χ0n) is 11.8. The third-order valence-corrected chi connectivity index (χ3v) is 2.61. The fraction of sp³-hybridized carbons (Fsp3) is 0.533. The summed E-state index contributed by atoms with van der Waals surface area (Å²) in [7, 11) is 0. The first-order chi connectivity index (χ1) is 9.06. The van der Waals surface area contributed by atoms with Crippen LogP contribution in [0.3, 0.4) is 0 Å². The molecule has 0 radical (unpaired) electrons. The Morgan fingerprint density at radius 2 is 1.79 bits per heavy atom. The number of rotatable bonds is 7. The van der Waals surface area contributed by atoms with Crippen LogP contribution in [-0.4, -0.2) is 29.9 Å². The molecule has 0 aromatic heterocycles. The van der Waals surface area contributed by atoms with Crippen LogP contribution in [0, 0.1) is 0 Å². The van der Waals surface area contributed by atoms with Gasteiger partial charge in [-0.1, -0.05) is 24.3 Å². The molecule has 4 heteroatoms. The zero-order valence-corrected chi connectivity index (χ0v) is 11.8. The third kappa shape index (κ3) is 5.41. The van der Waals surface area contributed by atoms with Crippen LogP contribution in [0.1, 0.15) is 31.9 Å². The average molecular weight is 266 g/mol. The van der Waals surface area contributed by atoms with E-state index in [1.54, 1.807) is 6.92 Å². The van der Waals surface area contributed by atoms with Gasteiger partial charge < -0.3 is 14.6 Å². The van der Waals surface area contributed by atoms with E-state index in [9.17, 15) is 4.79 Å². The predicted octanol–water partition coefficient (Wildman–Crippen LogP) is 2.08. The maximum atomic E-state index is 11.8. The van der Waals surface area contributed by atoms with E-state index in [2.05, 4.69) is 0 Å². The van der Waals surface area contributed by atoms with E-state index < -0.39 is 6.10 Å². The fourth-order valence-corrected chi connectivity index (χ4v) is 1.75. The topological polar surface area (TPSA) is 55.8 Å². The van der Waals surface area contributed by atoms with Crippen LogP contribution in [0.15, 0.2) is 24.3 Å². The monoisotopic (exact) mass is 266 g/mol. The van der Waals surface area contributed by atoms with Gasteiger partial charge in [0.25, 0.3) is 0 Å². The van der Waals surface area contributed by atoms with Gasteiger partial charge in [0.1, 0.15) is 0 Å². The number of aliphatic hydroxyl groups is 1. The minimum absolute atomic E-state index is 0.0179. The second-order valence-electron chi connectivity index (χ2n) is 4.60. The molecular weight excluding hydrogens is 244 g/mol. The Kier molecular flexibility index (Phi) is 6.53. The molecule has 1 aromatic carbocycles. The molecule has 0 fully saturated rings. The molecule has 4 nitrogen and oxygen atoms in total.